The van der Waals surface area contributed by atoms with Crippen LogP contribution in [0.4, 0.5) is 4.39 Å². The van der Waals surface area contributed by atoms with Gasteiger partial charge in [-0.2, -0.15) is 5.10 Å². The number of allylic oxidation sites excluding steroid dienone is 1. The van der Waals surface area contributed by atoms with Gasteiger partial charge in [-0.15, -0.1) is 0 Å². The summed E-state index contributed by atoms with van der Waals surface area (Å²) in [4.78, 5) is 23.3. The smallest absolute Gasteiger partial charge is 0.342 e. The number of benzene rings is 1. The Hall–Kier alpha value is -3.03. The van der Waals surface area contributed by atoms with Gasteiger partial charge in [0.1, 0.15) is 5.82 Å². The lowest BCUT2D eigenvalue weighted by atomic mass is 9.93. The summed E-state index contributed by atoms with van der Waals surface area (Å²) in [6.07, 6.45) is 3.99. The predicted octanol–water partition coefficient (Wildman–Crippen LogP) is 4.81. The Morgan fingerprint density at radius 2 is 2.06 bits per heavy atom. The number of carbonyl (C=O) groups is 2. The van der Waals surface area contributed by atoms with Gasteiger partial charge in [-0.05, 0) is 48.2 Å². The van der Waals surface area contributed by atoms with Crippen molar-refractivity contribution in [2.75, 3.05) is 7.11 Å². The summed E-state index contributed by atoms with van der Waals surface area (Å²) in [5, 5.41) is 14.4. The maximum Gasteiger partial charge on any atom is 0.342 e. The fourth-order valence-corrected chi connectivity index (χ4v) is 3.72. The van der Waals surface area contributed by atoms with Crippen LogP contribution in [-0.4, -0.2) is 39.7 Å². The van der Waals surface area contributed by atoms with E-state index in [9.17, 15) is 19.1 Å². The fourth-order valence-electron chi connectivity index (χ4n) is 3.54. The highest BCUT2D eigenvalue weighted by Crippen LogP contribution is 2.34. The number of hydrogen-bond acceptors (Lipinski definition) is 5. The van der Waals surface area contributed by atoms with Crippen LogP contribution in [0.3, 0.4) is 0 Å². The van der Waals surface area contributed by atoms with Gasteiger partial charge in [-0.3, -0.25) is 4.79 Å². The minimum Gasteiger partial charge on any atom is -0.467 e. The van der Waals surface area contributed by atoms with Crippen molar-refractivity contribution < 1.29 is 23.8 Å². The molecule has 1 aromatic carbocycles. The molecular formula is C24H24ClFN2O4. The Morgan fingerprint density at radius 1 is 1.31 bits per heavy atom. The van der Waals surface area contributed by atoms with E-state index in [1.165, 1.54) is 12.1 Å². The molecule has 3 aromatic rings. The number of halogens is 2. The third-order valence-corrected chi connectivity index (χ3v) is 5.39. The Bertz CT molecular complexity index is 1190. The first-order chi connectivity index (χ1) is 15.2. The van der Waals surface area contributed by atoms with Crippen molar-refractivity contribution in [3.63, 3.8) is 0 Å². The highest BCUT2D eigenvalue weighted by molar-refractivity contribution is 6.31. The number of Topliss-reactive ketones (excluding diaryl/α,β-unsaturated/α-hetero) is 1. The molecule has 8 heteroatoms. The SMILES string of the molecule is COC(=O)C(O)C(=O)CCC=Cc1c(-c2ccc(F)c(Cl)c2)nn2cccc2c1C(C)C. The molecule has 0 amide bonds. The lowest BCUT2D eigenvalue weighted by Gasteiger charge is -2.17. The molecule has 3 rings (SSSR count). The third kappa shape index (κ3) is 4.89. The van der Waals surface area contributed by atoms with Crippen molar-refractivity contribution >= 4 is 34.9 Å². The number of fused-ring (bicyclic) bond motifs is 1. The van der Waals surface area contributed by atoms with Gasteiger partial charge >= 0.3 is 5.97 Å². The molecule has 0 bridgehead atoms. The van der Waals surface area contributed by atoms with Gasteiger partial charge in [-0.25, -0.2) is 13.7 Å². The zero-order valence-electron chi connectivity index (χ0n) is 18.0. The van der Waals surface area contributed by atoms with Crippen molar-refractivity contribution in [1.82, 2.24) is 9.61 Å². The Kier molecular flexibility index (Phi) is 7.43. The second kappa shape index (κ2) is 10.1. The molecule has 2 heterocycles. The normalized spacial score (nSPS) is 12.6. The van der Waals surface area contributed by atoms with Gasteiger partial charge in [0.05, 0.1) is 23.3 Å². The second-order valence-corrected chi connectivity index (χ2v) is 8.04. The van der Waals surface area contributed by atoms with Gasteiger partial charge in [0.25, 0.3) is 0 Å². The molecule has 0 aliphatic heterocycles. The monoisotopic (exact) mass is 458 g/mol. The first kappa shape index (κ1) is 23.6. The summed E-state index contributed by atoms with van der Waals surface area (Å²) < 4.78 is 19.9. The van der Waals surface area contributed by atoms with E-state index in [-0.39, 0.29) is 17.4 Å². The lowest BCUT2D eigenvalue weighted by molar-refractivity contribution is -0.155. The van der Waals surface area contributed by atoms with E-state index in [0.717, 1.165) is 23.8 Å². The molecule has 0 spiro atoms. The van der Waals surface area contributed by atoms with E-state index in [1.54, 1.807) is 16.7 Å². The maximum absolute atomic E-state index is 13.7. The van der Waals surface area contributed by atoms with Crippen LogP contribution >= 0.6 is 11.6 Å². The number of esters is 1. The molecule has 0 aliphatic rings. The van der Waals surface area contributed by atoms with Gasteiger partial charge in [0.2, 0.25) is 6.10 Å². The molecule has 1 unspecified atom stereocenters. The van der Waals surface area contributed by atoms with Crippen LogP contribution in [0.1, 0.15) is 43.7 Å². The van der Waals surface area contributed by atoms with Crippen LogP contribution in [0.5, 0.6) is 0 Å². The number of aliphatic hydroxyl groups is 1. The van der Waals surface area contributed by atoms with Crippen molar-refractivity contribution in [2.24, 2.45) is 0 Å². The molecular weight excluding hydrogens is 435 g/mol. The minimum absolute atomic E-state index is 0.000300. The highest BCUT2D eigenvalue weighted by Gasteiger charge is 2.23. The zero-order chi connectivity index (χ0) is 23.4. The molecule has 0 radical (unpaired) electrons. The largest absolute Gasteiger partial charge is 0.467 e. The van der Waals surface area contributed by atoms with E-state index in [0.29, 0.717) is 17.7 Å². The van der Waals surface area contributed by atoms with Crippen molar-refractivity contribution in [2.45, 2.75) is 38.7 Å². The maximum atomic E-state index is 13.7. The molecule has 1 N–H and O–H groups in total. The molecule has 0 saturated heterocycles. The molecule has 6 nitrogen and oxygen atoms in total. The van der Waals surface area contributed by atoms with E-state index in [1.807, 2.05) is 24.4 Å². The summed E-state index contributed by atoms with van der Waals surface area (Å²) in [6.45, 7) is 4.13. The number of ketones is 1. The topological polar surface area (TPSA) is 80.9 Å². The number of aliphatic hydroxyl groups excluding tert-OH is 1. The van der Waals surface area contributed by atoms with Crippen molar-refractivity contribution in [1.29, 1.82) is 0 Å². The lowest BCUT2D eigenvalue weighted by Crippen LogP contribution is -2.30. The first-order valence-corrected chi connectivity index (χ1v) is 10.5. The van der Waals surface area contributed by atoms with Gasteiger partial charge in [0.15, 0.2) is 5.78 Å². The average Bonchev–Trinajstić information content (AvgIpc) is 3.24. The predicted molar refractivity (Wildman–Crippen MR) is 121 cm³/mol. The minimum atomic E-state index is -1.78. The molecule has 2 aromatic heterocycles. The van der Waals surface area contributed by atoms with E-state index in [2.05, 4.69) is 18.6 Å². The molecule has 0 aliphatic carbocycles. The Labute approximate surface area is 190 Å². The number of carbonyl (C=O) groups excluding carboxylic acids is 2. The molecule has 168 valence electrons. The zero-order valence-corrected chi connectivity index (χ0v) is 18.8. The van der Waals surface area contributed by atoms with Crippen LogP contribution < -0.4 is 0 Å². The standard InChI is InChI=1S/C24H24ClFN2O4/c1-14(2)21-16(7-4-5-9-20(29)23(30)24(31)32-3)22(27-28-12-6-8-19(21)28)15-10-11-18(26)17(25)13-15/h4,6-8,10-14,23,30H,5,9H2,1-3H3. The van der Waals surface area contributed by atoms with Crippen LogP contribution in [0.25, 0.3) is 22.9 Å². The van der Waals surface area contributed by atoms with Crippen LogP contribution in [-0.2, 0) is 14.3 Å². The van der Waals surface area contributed by atoms with E-state index < -0.39 is 23.7 Å². The van der Waals surface area contributed by atoms with Crippen molar-refractivity contribution in [3.8, 4) is 11.3 Å². The summed E-state index contributed by atoms with van der Waals surface area (Å²) in [6, 6.07) is 8.32. The number of rotatable bonds is 8. The number of hydrogen-bond donors (Lipinski definition) is 1. The Balaban J connectivity index is 2.01. The highest BCUT2D eigenvalue weighted by atomic mass is 35.5. The van der Waals surface area contributed by atoms with E-state index >= 15 is 0 Å². The van der Waals surface area contributed by atoms with Gasteiger partial charge < -0.3 is 9.84 Å². The summed E-state index contributed by atoms with van der Waals surface area (Å²) in [5.74, 6) is -1.95. The summed E-state index contributed by atoms with van der Waals surface area (Å²) in [5.41, 5.74) is 4.09. The third-order valence-electron chi connectivity index (χ3n) is 5.10. The number of aromatic nitrogens is 2. The summed E-state index contributed by atoms with van der Waals surface area (Å²) >= 11 is 6.02. The second-order valence-electron chi connectivity index (χ2n) is 7.63. The van der Waals surface area contributed by atoms with Crippen molar-refractivity contribution in [3.05, 3.63) is 64.6 Å². The molecule has 32 heavy (non-hydrogen) atoms. The number of ether oxygens (including phenoxy) is 1. The molecule has 0 saturated carbocycles. The first-order valence-electron chi connectivity index (χ1n) is 10.2. The summed E-state index contributed by atoms with van der Waals surface area (Å²) in [7, 11) is 1.11. The number of nitrogens with zero attached hydrogens (tertiary/aromatic N) is 2. The van der Waals surface area contributed by atoms with Crippen LogP contribution in [0.15, 0.2) is 42.6 Å². The molecule has 0 fully saturated rings. The quantitative estimate of drug-likeness (QED) is 0.387. The Morgan fingerprint density at radius 3 is 2.72 bits per heavy atom. The fraction of sp³-hybridized carbons (Fsp3) is 0.292. The van der Waals surface area contributed by atoms with Crippen LogP contribution in [0, 0.1) is 5.82 Å². The number of methoxy groups -OCH3 is 1. The van der Waals surface area contributed by atoms with Gasteiger partial charge in [0, 0.05) is 23.7 Å². The molecule has 1 atom stereocenters. The average molecular weight is 459 g/mol. The van der Waals surface area contributed by atoms with E-state index in [4.69, 9.17) is 16.7 Å². The van der Waals surface area contributed by atoms with Crippen LogP contribution in [0.2, 0.25) is 5.02 Å². The van der Waals surface area contributed by atoms with Gasteiger partial charge in [-0.1, -0.05) is 37.6 Å².